The highest BCUT2D eigenvalue weighted by Crippen LogP contribution is 2.19. The molecular weight excluding hydrogens is 250 g/mol. The Hall–Kier alpha value is -2.36. The fourth-order valence-corrected chi connectivity index (χ4v) is 2.26. The average molecular weight is 267 g/mol. The van der Waals surface area contributed by atoms with Gasteiger partial charge in [0.05, 0.1) is 24.0 Å². The smallest absolute Gasteiger partial charge is 0.119 e. The zero-order chi connectivity index (χ0) is 13.8. The summed E-state index contributed by atoms with van der Waals surface area (Å²) in [5.41, 5.74) is 3.29. The first kappa shape index (κ1) is 12.7. The van der Waals surface area contributed by atoms with Gasteiger partial charge in [0.15, 0.2) is 0 Å². The van der Waals surface area contributed by atoms with Gasteiger partial charge in [-0.25, -0.2) is 0 Å². The maximum Gasteiger partial charge on any atom is 0.119 e. The number of benzene rings is 1. The Bertz CT molecular complexity index is 691. The molecule has 1 N–H and O–H groups in total. The van der Waals surface area contributed by atoms with Crippen molar-refractivity contribution in [1.82, 2.24) is 15.2 Å². The van der Waals surface area contributed by atoms with E-state index in [0.29, 0.717) is 6.61 Å². The molecule has 0 radical (unpaired) electrons. The molecule has 3 rings (SSSR count). The summed E-state index contributed by atoms with van der Waals surface area (Å²) in [6, 6.07) is 9.88. The van der Waals surface area contributed by atoms with Crippen LogP contribution in [0.5, 0.6) is 5.75 Å². The van der Waals surface area contributed by atoms with E-state index < -0.39 is 0 Å². The minimum atomic E-state index is 0.693. The standard InChI is InChI=1S/C16H17N3O/c1-12-10-17-15(14-11-18-19-16(12)14)8-5-9-20-13-6-3-2-4-7-13/h2-4,6-7,10-11H,5,8-9H2,1H3,(H,18,19). The molecule has 0 amide bonds. The van der Waals surface area contributed by atoms with Crippen molar-refractivity contribution in [2.75, 3.05) is 6.61 Å². The molecule has 20 heavy (non-hydrogen) atoms. The molecule has 0 aliphatic carbocycles. The molecule has 102 valence electrons. The Labute approximate surface area is 117 Å². The van der Waals surface area contributed by atoms with Crippen LogP contribution >= 0.6 is 0 Å². The van der Waals surface area contributed by atoms with Crippen molar-refractivity contribution in [3.63, 3.8) is 0 Å². The lowest BCUT2D eigenvalue weighted by Crippen LogP contribution is -2.01. The van der Waals surface area contributed by atoms with Gasteiger partial charge in [-0.1, -0.05) is 18.2 Å². The number of hydrogen-bond donors (Lipinski definition) is 1. The predicted octanol–water partition coefficient (Wildman–Crippen LogP) is 3.28. The second kappa shape index (κ2) is 5.74. The van der Waals surface area contributed by atoms with Crippen molar-refractivity contribution in [3.8, 4) is 5.75 Å². The molecular formula is C16H17N3O. The number of pyridine rings is 1. The largest absolute Gasteiger partial charge is 0.494 e. The third-order valence-electron chi connectivity index (χ3n) is 3.33. The summed E-state index contributed by atoms with van der Waals surface area (Å²) in [6.45, 7) is 2.73. The molecule has 0 atom stereocenters. The number of nitrogens with zero attached hydrogens (tertiary/aromatic N) is 2. The van der Waals surface area contributed by atoms with Crippen molar-refractivity contribution in [2.24, 2.45) is 0 Å². The molecule has 0 saturated heterocycles. The minimum absolute atomic E-state index is 0.693. The molecule has 3 aromatic rings. The van der Waals surface area contributed by atoms with Gasteiger partial charge in [0, 0.05) is 11.6 Å². The van der Waals surface area contributed by atoms with E-state index in [4.69, 9.17) is 4.74 Å². The first-order valence-corrected chi connectivity index (χ1v) is 6.80. The Morgan fingerprint density at radius 1 is 1.15 bits per heavy atom. The van der Waals surface area contributed by atoms with Crippen LogP contribution in [0.2, 0.25) is 0 Å². The molecule has 0 aliphatic heterocycles. The third kappa shape index (κ3) is 2.64. The van der Waals surface area contributed by atoms with E-state index in [1.807, 2.05) is 49.6 Å². The number of ether oxygens (including phenoxy) is 1. The molecule has 4 nitrogen and oxygen atoms in total. The topological polar surface area (TPSA) is 50.8 Å². The van der Waals surface area contributed by atoms with Crippen molar-refractivity contribution >= 4 is 10.9 Å². The molecule has 0 unspecified atom stereocenters. The molecule has 0 spiro atoms. The quantitative estimate of drug-likeness (QED) is 0.722. The van der Waals surface area contributed by atoms with Gasteiger partial charge >= 0.3 is 0 Å². The second-order valence-corrected chi connectivity index (χ2v) is 4.81. The molecule has 0 saturated carbocycles. The minimum Gasteiger partial charge on any atom is -0.494 e. The SMILES string of the molecule is Cc1cnc(CCCOc2ccccc2)c2cn[nH]c12. The van der Waals surface area contributed by atoms with Gasteiger partial charge < -0.3 is 4.74 Å². The zero-order valence-corrected chi connectivity index (χ0v) is 11.5. The number of fused-ring (bicyclic) bond motifs is 1. The van der Waals surface area contributed by atoms with Crippen LogP contribution in [0.4, 0.5) is 0 Å². The van der Waals surface area contributed by atoms with Gasteiger partial charge in [0.25, 0.3) is 0 Å². The molecule has 2 aromatic heterocycles. The number of aromatic nitrogens is 3. The molecule has 4 heteroatoms. The highest BCUT2D eigenvalue weighted by atomic mass is 16.5. The number of hydrogen-bond acceptors (Lipinski definition) is 3. The number of nitrogens with one attached hydrogen (secondary N) is 1. The third-order valence-corrected chi connectivity index (χ3v) is 3.33. The lowest BCUT2D eigenvalue weighted by atomic mass is 10.1. The lowest BCUT2D eigenvalue weighted by molar-refractivity contribution is 0.310. The van der Waals surface area contributed by atoms with Crippen LogP contribution in [-0.2, 0) is 6.42 Å². The van der Waals surface area contributed by atoms with Gasteiger partial charge in [-0.2, -0.15) is 5.10 Å². The van der Waals surface area contributed by atoms with Crippen LogP contribution in [0, 0.1) is 6.92 Å². The van der Waals surface area contributed by atoms with Crippen LogP contribution in [-0.4, -0.2) is 21.8 Å². The normalized spacial score (nSPS) is 10.8. The number of H-pyrrole nitrogens is 1. The first-order valence-electron chi connectivity index (χ1n) is 6.80. The van der Waals surface area contributed by atoms with E-state index >= 15 is 0 Å². The maximum absolute atomic E-state index is 5.69. The zero-order valence-electron chi connectivity index (χ0n) is 11.5. The van der Waals surface area contributed by atoms with Gasteiger partial charge in [-0.05, 0) is 37.5 Å². The number of aryl methyl sites for hydroxylation is 2. The Kier molecular flexibility index (Phi) is 3.63. The van der Waals surface area contributed by atoms with E-state index in [1.54, 1.807) is 0 Å². The fourth-order valence-electron chi connectivity index (χ4n) is 2.26. The summed E-state index contributed by atoms with van der Waals surface area (Å²) in [4.78, 5) is 4.51. The average Bonchev–Trinajstić information content (AvgIpc) is 2.97. The van der Waals surface area contributed by atoms with E-state index in [0.717, 1.165) is 40.8 Å². The summed E-state index contributed by atoms with van der Waals surface area (Å²) in [7, 11) is 0. The van der Waals surface area contributed by atoms with E-state index in [1.165, 1.54) is 0 Å². The summed E-state index contributed by atoms with van der Waals surface area (Å²) in [5.74, 6) is 0.915. The number of para-hydroxylation sites is 1. The van der Waals surface area contributed by atoms with E-state index in [9.17, 15) is 0 Å². The van der Waals surface area contributed by atoms with E-state index in [2.05, 4.69) is 15.2 Å². The molecule has 2 heterocycles. The van der Waals surface area contributed by atoms with Gasteiger partial charge in [0.1, 0.15) is 5.75 Å². The highest BCUT2D eigenvalue weighted by Gasteiger charge is 2.06. The summed E-state index contributed by atoms with van der Waals surface area (Å²) in [5, 5.41) is 8.24. The van der Waals surface area contributed by atoms with Crippen molar-refractivity contribution in [1.29, 1.82) is 0 Å². The van der Waals surface area contributed by atoms with Crippen molar-refractivity contribution < 1.29 is 4.74 Å². The molecule has 0 fully saturated rings. The lowest BCUT2D eigenvalue weighted by Gasteiger charge is -2.06. The second-order valence-electron chi connectivity index (χ2n) is 4.81. The maximum atomic E-state index is 5.69. The number of rotatable bonds is 5. The van der Waals surface area contributed by atoms with Gasteiger partial charge in [-0.15, -0.1) is 0 Å². The van der Waals surface area contributed by atoms with Gasteiger partial charge in [-0.3, -0.25) is 10.1 Å². The Balaban J connectivity index is 1.60. The van der Waals surface area contributed by atoms with Crippen LogP contribution < -0.4 is 4.74 Å². The van der Waals surface area contributed by atoms with Crippen molar-refractivity contribution in [3.05, 3.63) is 54.0 Å². The van der Waals surface area contributed by atoms with Gasteiger partial charge in [0.2, 0.25) is 0 Å². The molecule has 0 aliphatic rings. The van der Waals surface area contributed by atoms with Crippen molar-refractivity contribution in [2.45, 2.75) is 19.8 Å². The van der Waals surface area contributed by atoms with E-state index in [-0.39, 0.29) is 0 Å². The van der Waals surface area contributed by atoms with Crippen LogP contribution in [0.3, 0.4) is 0 Å². The Morgan fingerprint density at radius 3 is 2.85 bits per heavy atom. The Morgan fingerprint density at radius 2 is 2.00 bits per heavy atom. The van der Waals surface area contributed by atoms with Crippen LogP contribution in [0.1, 0.15) is 17.7 Å². The first-order chi connectivity index (χ1) is 9.84. The van der Waals surface area contributed by atoms with Crippen LogP contribution in [0.15, 0.2) is 42.7 Å². The summed E-state index contributed by atoms with van der Waals surface area (Å²) < 4.78 is 5.69. The predicted molar refractivity (Wildman–Crippen MR) is 78.9 cm³/mol. The highest BCUT2D eigenvalue weighted by molar-refractivity contribution is 5.82. The monoisotopic (exact) mass is 267 g/mol. The summed E-state index contributed by atoms with van der Waals surface area (Å²) >= 11 is 0. The number of aromatic amines is 1. The molecule has 0 bridgehead atoms. The van der Waals surface area contributed by atoms with Crippen LogP contribution in [0.25, 0.3) is 10.9 Å². The summed E-state index contributed by atoms with van der Waals surface area (Å²) in [6.07, 6.45) is 5.57. The molecule has 1 aromatic carbocycles. The fraction of sp³-hybridized carbons (Fsp3) is 0.250.